The maximum absolute atomic E-state index is 12.0. The van der Waals surface area contributed by atoms with Gasteiger partial charge >= 0.3 is 0 Å². The topological polar surface area (TPSA) is 71.8 Å². The Morgan fingerprint density at radius 3 is 3.00 bits per heavy atom. The molecule has 7 heteroatoms. The van der Waals surface area contributed by atoms with Gasteiger partial charge in [-0.2, -0.15) is 10.1 Å². The molecular weight excluding hydrogens is 274 g/mol. The number of rotatable bonds is 3. The normalized spacial score (nSPS) is 16.2. The first-order valence-corrected chi connectivity index (χ1v) is 7.58. The monoisotopic (exact) mass is 291 g/mol. The number of anilines is 1. The maximum atomic E-state index is 12.0. The van der Waals surface area contributed by atoms with E-state index in [4.69, 9.17) is 0 Å². The van der Waals surface area contributed by atoms with Gasteiger partial charge in [0.2, 0.25) is 5.95 Å². The fourth-order valence-electron chi connectivity index (χ4n) is 2.34. The highest BCUT2D eigenvalue weighted by Crippen LogP contribution is 2.23. The zero-order chi connectivity index (χ0) is 13.9. The summed E-state index contributed by atoms with van der Waals surface area (Å²) in [5, 5.41) is 12.5. The Morgan fingerprint density at radius 1 is 1.50 bits per heavy atom. The third-order valence-electron chi connectivity index (χ3n) is 3.45. The van der Waals surface area contributed by atoms with Crippen molar-refractivity contribution in [2.45, 2.75) is 18.8 Å². The SMILES string of the molecule is Cn1nc(C2CCNCC2)nc1NC(=O)c1cccs1. The minimum atomic E-state index is -0.132. The van der Waals surface area contributed by atoms with E-state index in [1.54, 1.807) is 10.7 Å². The molecule has 1 aliphatic rings. The fourth-order valence-corrected chi connectivity index (χ4v) is 2.96. The van der Waals surface area contributed by atoms with Gasteiger partial charge in [-0.3, -0.25) is 10.1 Å². The van der Waals surface area contributed by atoms with Crippen LogP contribution in [0.2, 0.25) is 0 Å². The summed E-state index contributed by atoms with van der Waals surface area (Å²) in [5.41, 5.74) is 0. The number of carbonyl (C=O) groups excluding carboxylic acids is 1. The summed E-state index contributed by atoms with van der Waals surface area (Å²) in [5.74, 6) is 1.59. The lowest BCUT2D eigenvalue weighted by atomic mass is 9.98. The molecule has 0 unspecified atom stereocenters. The van der Waals surface area contributed by atoms with Crippen LogP contribution in [0.4, 0.5) is 5.95 Å². The molecule has 0 aromatic carbocycles. The molecule has 2 N–H and O–H groups in total. The van der Waals surface area contributed by atoms with Crippen LogP contribution in [0.15, 0.2) is 17.5 Å². The molecule has 0 saturated carbocycles. The van der Waals surface area contributed by atoms with Gasteiger partial charge in [-0.15, -0.1) is 11.3 Å². The molecule has 3 rings (SSSR count). The van der Waals surface area contributed by atoms with Crippen LogP contribution in [0.25, 0.3) is 0 Å². The summed E-state index contributed by atoms with van der Waals surface area (Å²) < 4.78 is 1.64. The molecule has 20 heavy (non-hydrogen) atoms. The summed E-state index contributed by atoms with van der Waals surface area (Å²) in [4.78, 5) is 17.2. The second kappa shape index (κ2) is 5.72. The molecule has 6 nitrogen and oxygen atoms in total. The second-order valence-corrected chi connectivity index (χ2v) is 5.82. The number of nitrogens with one attached hydrogen (secondary N) is 2. The van der Waals surface area contributed by atoms with Crippen LogP contribution < -0.4 is 10.6 Å². The number of hydrogen-bond acceptors (Lipinski definition) is 5. The van der Waals surface area contributed by atoms with Gasteiger partial charge in [-0.1, -0.05) is 6.07 Å². The van der Waals surface area contributed by atoms with Crippen LogP contribution in [0.1, 0.15) is 34.3 Å². The lowest BCUT2D eigenvalue weighted by Crippen LogP contribution is -2.27. The molecule has 1 fully saturated rings. The number of nitrogens with zero attached hydrogens (tertiary/aromatic N) is 3. The van der Waals surface area contributed by atoms with Crippen molar-refractivity contribution in [3.63, 3.8) is 0 Å². The molecule has 1 aliphatic heterocycles. The van der Waals surface area contributed by atoms with E-state index in [-0.39, 0.29) is 5.91 Å². The molecule has 0 spiro atoms. The predicted octanol–water partition coefficient (Wildman–Crippen LogP) is 1.60. The third-order valence-corrected chi connectivity index (χ3v) is 4.32. The largest absolute Gasteiger partial charge is 0.317 e. The van der Waals surface area contributed by atoms with E-state index in [2.05, 4.69) is 20.7 Å². The van der Waals surface area contributed by atoms with Crippen molar-refractivity contribution in [1.82, 2.24) is 20.1 Å². The van der Waals surface area contributed by atoms with Gasteiger partial charge in [0.15, 0.2) is 5.82 Å². The number of carbonyl (C=O) groups is 1. The number of aromatic nitrogens is 3. The second-order valence-electron chi connectivity index (χ2n) is 4.87. The van der Waals surface area contributed by atoms with Crippen molar-refractivity contribution in [3.8, 4) is 0 Å². The number of piperidine rings is 1. The zero-order valence-electron chi connectivity index (χ0n) is 11.3. The Morgan fingerprint density at radius 2 is 2.30 bits per heavy atom. The van der Waals surface area contributed by atoms with E-state index >= 15 is 0 Å². The maximum Gasteiger partial charge on any atom is 0.268 e. The minimum absolute atomic E-state index is 0.132. The highest BCUT2D eigenvalue weighted by molar-refractivity contribution is 7.12. The van der Waals surface area contributed by atoms with Crippen molar-refractivity contribution < 1.29 is 4.79 Å². The van der Waals surface area contributed by atoms with Gasteiger partial charge in [0.25, 0.3) is 5.91 Å². The summed E-state index contributed by atoms with van der Waals surface area (Å²) in [6.07, 6.45) is 2.09. The van der Waals surface area contributed by atoms with Gasteiger partial charge in [-0.05, 0) is 37.4 Å². The Hall–Kier alpha value is -1.73. The van der Waals surface area contributed by atoms with E-state index in [0.717, 1.165) is 31.8 Å². The van der Waals surface area contributed by atoms with Crippen LogP contribution in [0.5, 0.6) is 0 Å². The quantitative estimate of drug-likeness (QED) is 0.901. The fraction of sp³-hybridized carbons (Fsp3) is 0.462. The van der Waals surface area contributed by atoms with E-state index in [0.29, 0.717) is 16.7 Å². The molecule has 0 radical (unpaired) electrons. The Labute approximate surface area is 121 Å². The molecule has 1 saturated heterocycles. The average Bonchev–Trinajstić information content (AvgIpc) is 3.10. The van der Waals surface area contributed by atoms with Gasteiger partial charge in [0.1, 0.15) is 0 Å². The van der Waals surface area contributed by atoms with Crippen molar-refractivity contribution >= 4 is 23.2 Å². The summed E-state index contributed by atoms with van der Waals surface area (Å²) in [7, 11) is 1.81. The van der Waals surface area contributed by atoms with E-state index in [1.165, 1.54) is 11.3 Å². The van der Waals surface area contributed by atoms with Gasteiger partial charge in [-0.25, -0.2) is 4.68 Å². The highest BCUT2D eigenvalue weighted by atomic mass is 32.1. The van der Waals surface area contributed by atoms with Gasteiger partial charge < -0.3 is 5.32 Å². The summed E-state index contributed by atoms with van der Waals surface area (Å²) >= 11 is 1.41. The first-order valence-electron chi connectivity index (χ1n) is 6.70. The van der Waals surface area contributed by atoms with E-state index in [9.17, 15) is 4.79 Å². The van der Waals surface area contributed by atoms with Crippen LogP contribution in [0, 0.1) is 0 Å². The number of amides is 1. The molecule has 0 aliphatic carbocycles. The van der Waals surface area contributed by atoms with Crippen molar-refractivity contribution in [2.75, 3.05) is 18.4 Å². The zero-order valence-corrected chi connectivity index (χ0v) is 12.1. The van der Waals surface area contributed by atoms with Gasteiger partial charge in [0.05, 0.1) is 4.88 Å². The van der Waals surface area contributed by atoms with Gasteiger partial charge in [0, 0.05) is 13.0 Å². The number of thiophene rings is 1. The minimum Gasteiger partial charge on any atom is -0.317 e. The summed E-state index contributed by atoms with van der Waals surface area (Å²) in [6, 6.07) is 3.65. The van der Waals surface area contributed by atoms with E-state index in [1.807, 2.05) is 18.5 Å². The third kappa shape index (κ3) is 2.73. The first-order chi connectivity index (χ1) is 9.74. The first kappa shape index (κ1) is 13.3. The molecular formula is C13H17N5OS. The number of aryl methyl sites for hydroxylation is 1. The number of hydrogen-bond donors (Lipinski definition) is 2. The molecule has 2 aromatic rings. The molecule has 0 atom stereocenters. The van der Waals surface area contributed by atoms with Crippen LogP contribution >= 0.6 is 11.3 Å². The molecule has 0 bridgehead atoms. The molecule has 1 amide bonds. The van der Waals surface area contributed by atoms with Crippen molar-refractivity contribution in [3.05, 3.63) is 28.2 Å². The van der Waals surface area contributed by atoms with Crippen LogP contribution in [-0.4, -0.2) is 33.8 Å². The molecule has 3 heterocycles. The Balaban J connectivity index is 1.73. The van der Waals surface area contributed by atoms with Crippen molar-refractivity contribution in [2.24, 2.45) is 7.05 Å². The Kier molecular flexibility index (Phi) is 3.79. The lowest BCUT2D eigenvalue weighted by molar-refractivity contribution is 0.102. The smallest absolute Gasteiger partial charge is 0.268 e. The predicted molar refractivity (Wildman–Crippen MR) is 78.1 cm³/mol. The Bertz CT molecular complexity index is 586. The molecule has 106 valence electrons. The lowest BCUT2D eigenvalue weighted by Gasteiger charge is -2.19. The van der Waals surface area contributed by atoms with E-state index < -0.39 is 0 Å². The highest BCUT2D eigenvalue weighted by Gasteiger charge is 2.21. The summed E-state index contributed by atoms with van der Waals surface area (Å²) in [6.45, 7) is 2.00. The van der Waals surface area contributed by atoms with Crippen molar-refractivity contribution in [1.29, 1.82) is 0 Å². The standard InChI is InChI=1S/C13H17N5OS/c1-18-13(16-12(19)10-3-2-8-20-10)15-11(17-18)9-4-6-14-7-5-9/h2-3,8-9,14H,4-7H2,1H3,(H,15,16,17,19). The van der Waals surface area contributed by atoms with Crippen LogP contribution in [-0.2, 0) is 7.05 Å². The molecule has 2 aromatic heterocycles. The average molecular weight is 291 g/mol. The van der Waals surface area contributed by atoms with Crippen LogP contribution in [0.3, 0.4) is 0 Å².